The van der Waals surface area contributed by atoms with Gasteiger partial charge in [0.25, 0.3) is 0 Å². The second-order valence-electron chi connectivity index (χ2n) is 14.9. The molecule has 0 aromatic rings. The zero-order chi connectivity index (χ0) is 23.5. The third kappa shape index (κ3) is 2.72. The van der Waals surface area contributed by atoms with Crippen LogP contribution in [0.1, 0.15) is 100 Å². The highest BCUT2D eigenvalue weighted by molar-refractivity contribution is 5.37. The standard InChI is InChI=1S/C30H48O2/c1-25(2)11-12-27(5)13-15-29(7)22-10-9-20-21(17-19(31)18-26(20,3)4)28(22,6)14-16-30(29,8)23(27)24(25)32/h10-12,19-21,23-24,31-32H,9,13-18H2,1-8H3. The van der Waals surface area contributed by atoms with Crippen molar-refractivity contribution in [1.82, 2.24) is 0 Å². The highest BCUT2D eigenvalue weighted by atomic mass is 16.3. The Morgan fingerprint density at radius 1 is 0.812 bits per heavy atom. The highest BCUT2D eigenvalue weighted by Crippen LogP contribution is 2.75. The Morgan fingerprint density at radius 2 is 1.50 bits per heavy atom. The molecule has 5 aliphatic rings. The van der Waals surface area contributed by atoms with Gasteiger partial charge in [0.1, 0.15) is 0 Å². The van der Waals surface area contributed by atoms with Gasteiger partial charge in [-0.05, 0) is 83.9 Å². The van der Waals surface area contributed by atoms with Crippen LogP contribution < -0.4 is 0 Å². The molecule has 0 bridgehead atoms. The molecule has 0 radical (unpaired) electrons. The van der Waals surface area contributed by atoms with E-state index < -0.39 is 0 Å². The van der Waals surface area contributed by atoms with Crippen LogP contribution in [0.25, 0.3) is 0 Å². The number of fused-ring (bicyclic) bond motifs is 7. The number of hydrogen-bond donors (Lipinski definition) is 2. The first-order valence-electron chi connectivity index (χ1n) is 13.4. The van der Waals surface area contributed by atoms with E-state index in [0.717, 1.165) is 25.7 Å². The maximum atomic E-state index is 11.8. The van der Waals surface area contributed by atoms with Crippen molar-refractivity contribution in [2.45, 2.75) is 113 Å². The Kier molecular flexibility index (Phi) is 4.73. The Balaban J connectivity index is 1.62. The van der Waals surface area contributed by atoms with Crippen LogP contribution in [0.2, 0.25) is 0 Å². The summed E-state index contributed by atoms with van der Waals surface area (Å²) in [6, 6.07) is 0. The fourth-order valence-electron chi connectivity index (χ4n) is 10.1. The van der Waals surface area contributed by atoms with Crippen LogP contribution in [0.4, 0.5) is 0 Å². The molecule has 2 N–H and O–H groups in total. The van der Waals surface area contributed by atoms with Crippen molar-refractivity contribution in [1.29, 1.82) is 0 Å². The second kappa shape index (κ2) is 6.54. The van der Waals surface area contributed by atoms with E-state index in [1.165, 1.54) is 19.3 Å². The zero-order valence-electron chi connectivity index (χ0n) is 22.0. The molecule has 0 aliphatic heterocycles. The Morgan fingerprint density at radius 3 is 2.19 bits per heavy atom. The number of allylic oxidation sites excluding steroid dienone is 3. The van der Waals surface area contributed by atoms with Crippen LogP contribution in [0.5, 0.6) is 0 Å². The monoisotopic (exact) mass is 440 g/mol. The molecular weight excluding hydrogens is 392 g/mol. The SMILES string of the molecule is CC1(C)C=CC2(C)CCC3(C)C4=CCC5C(CC(O)CC5(C)C)C4(C)CCC3(C)C2C1O. The summed E-state index contributed by atoms with van der Waals surface area (Å²) in [7, 11) is 0. The summed E-state index contributed by atoms with van der Waals surface area (Å²) in [5, 5.41) is 22.6. The van der Waals surface area contributed by atoms with Gasteiger partial charge < -0.3 is 10.2 Å². The summed E-state index contributed by atoms with van der Waals surface area (Å²) in [6.07, 6.45) is 14.8. The molecule has 9 atom stereocenters. The summed E-state index contributed by atoms with van der Waals surface area (Å²) >= 11 is 0. The van der Waals surface area contributed by atoms with Gasteiger partial charge in [-0.1, -0.05) is 79.2 Å². The van der Waals surface area contributed by atoms with Gasteiger partial charge in [0.15, 0.2) is 0 Å². The first-order chi connectivity index (χ1) is 14.6. The van der Waals surface area contributed by atoms with E-state index in [-0.39, 0.29) is 50.6 Å². The predicted octanol–water partition coefficient (Wildman–Crippen LogP) is 6.92. The van der Waals surface area contributed by atoms with Crippen molar-refractivity contribution in [2.24, 2.45) is 50.2 Å². The second-order valence-corrected chi connectivity index (χ2v) is 14.9. The van der Waals surface area contributed by atoms with E-state index in [1.54, 1.807) is 5.57 Å². The number of hydrogen-bond acceptors (Lipinski definition) is 2. The van der Waals surface area contributed by atoms with E-state index in [1.807, 2.05) is 0 Å². The van der Waals surface area contributed by atoms with E-state index >= 15 is 0 Å². The topological polar surface area (TPSA) is 40.5 Å². The van der Waals surface area contributed by atoms with Gasteiger partial charge in [-0.15, -0.1) is 0 Å². The molecule has 0 aromatic heterocycles. The fourth-order valence-corrected chi connectivity index (χ4v) is 10.1. The molecule has 0 aromatic carbocycles. The minimum absolute atomic E-state index is 0.0811. The molecule has 3 fully saturated rings. The molecule has 2 nitrogen and oxygen atoms in total. The number of aliphatic hydroxyl groups is 2. The quantitative estimate of drug-likeness (QED) is 0.402. The molecular formula is C30H48O2. The lowest BCUT2D eigenvalue weighted by Gasteiger charge is -2.71. The first kappa shape index (κ1) is 23.2. The Bertz CT molecular complexity index is 866. The zero-order valence-corrected chi connectivity index (χ0v) is 22.0. The highest BCUT2D eigenvalue weighted by Gasteiger charge is 2.69. The van der Waals surface area contributed by atoms with Gasteiger partial charge >= 0.3 is 0 Å². The summed E-state index contributed by atoms with van der Waals surface area (Å²) in [6.45, 7) is 19.3. The fraction of sp³-hybridized carbons (Fsp3) is 0.867. The minimum Gasteiger partial charge on any atom is -0.393 e. The molecule has 2 heteroatoms. The molecule has 0 saturated heterocycles. The summed E-state index contributed by atoms with van der Waals surface area (Å²) < 4.78 is 0. The van der Waals surface area contributed by atoms with E-state index in [9.17, 15) is 10.2 Å². The van der Waals surface area contributed by atoms with Gasteiger partial charge in [0.05, 0.1) is 12.2 Å². The van der Waals surface area contributed by atoms with Crippen molar-refractivity contribution in [3.05, 3.63) is 23.8 Å². The van der Waals surface area contributed by atoms with Crippen molar-refractivity contribution < 1.29 is 10.2 Å². The maximum absolute atomic E-state index is 11.8. The molecule has 5 rings (SSSR count). The Labute approximate surface area is 197 Å². The molecule has 32 heavy (non-hydrogen) atoms. The van der Waals surface area contributed by atoms with Crippen LogP contribution >= 0.6 is 0 Å². The maximum Gasteiger partial charge on any atom is 0.0667 e. The van der Waals surface area contributed by atoms with Crippen molar-refractivity contribution in [2.75, 3.05) is 0 Å². The average molecular weight is 441 g/mol. The lowest BCUT2D eigenvalue weighted by atomic mass is 9.33. The third-order valence-electron chi connectivity index (χ3n) is 12.3. The van der Waals surface area contributed by atoms with Crippen LogP contribution in [-0.2, 0) is 0 Å². The molecule has 3 saturated carbocycles. The van der Waals surface area contributed by atoms with Crippen LogP contribution in [-0.4, -0.2) is 22.4 Å². The average Bonchev–Trinajstić information content (AvgIpc) is 2.67. The molecule has 180 valence electrons. The van der Waals surface area contributed by atoms with E-state index in [0.29, 0.717) is 11.8 Å². The van der Waals surface area contributed by atoms with Crippen LogP contribution in [0, 0.1) is 50.2 Å². The van der Waals surface area contributed by atoms with Gasteiger partial charge in [0, 0.05) is 11.3 Å². The smallest absolute Gasteiger partial charge is 0.0667 e. The van der Waals surface area contributed by atoms with Crippen molar-refractivity contribution in [3.8, 4) is 0 Å². The summed E-state index contributed by atoms with van der Waals surface area (Å²) in [5.74, 6) is 1.53. The summed E-state index contributed by atoms with van der Waals surface area (Å²) in [4.78, 5) is 0. The van der Waals surface area contributed by atoms with Gasteiger partial charge in [-0.3, -0.25) is 0 Å². The van der Waals surface area contributed by atoms with Gasteiger partial charge in [0.2, 0.25) is 0 Å². The summed E-state index contributed by atoms with van der Waals surface area (Å²) in [5.41, 5.74) is 2.18. The van der Waals surface area contributed by atoms with Crippen LogP contribution in [0.15, 0.2) is 23.8 Å². The van der Waals surface area contributed by atoms with Gasteiger partial charge in [-0.25, -0.2) is 0 Å². The first-order valence-corrected chi connectivity index (χ1v) is 13.4. The van der Waals surface area contributed by atoms with Gasteiger partial charge in [-0.2, -0.15) is 0 Å². The number of aliphatic hydroxyl groups excluding tert-OH is 2. The Hall–Kier alpha value is -0.600. The largest absolute Gasteiger partial charge is 0.393 e. The lowest BCUT2D eigenvalue weighted by molar-refractivity contribution is -0.190. The normalized spacial score (nSPS) is 55.7. The predicted molar refractivity (Wildman–Crippen MR) is 132 cm³/mol. The molecule has 5 aliphatic carbocycles. The molecule has 0 amide bonds. The molecule has 0 heterocycles. The molecule has 0 spiro atoms. The number of rotatable bonds is 0. The van der Waals surface area contributed by atoms with E-state index in [2.05, 4.69) is 73.6 Å². The lowest BCUT2D eigenvalue weighted by Crippen LogP contribution is -2.66. The van der Waals surface area contributed by atoms with Crippen LogP contribution in [0.3, 0.4) is 0 Å². The molecule has 9 unspecified atom stereocenters. The van der Waals surface area contributed by atoms with Crippen molar-refractivity contribution in [3.63, 3.8) is 0 Å². The minimum atomic E-state index is -0.307. The van der Waals surface area contributed by atoms with Crippen molar-refractivity contribution >= 4 is 0 Å². The van der Waals surface area contributed by atoms with E-state index in [4.69, 9.17) is 0 Å². The third-order valence-corrected chi connectivity index (χ3v) is 12.3.